The smallest absolute Gasteiger partial charge is 0.331 e. The Morgan fingerprint density at radius 3 is 2.67 bits per heavy atom. The highest BCUT2D eigenvalue weighted by atomic mass is 16.5. The molecule has 0 unspecified atom stereocenters. The summed E-state index contributed by atoms with van der Waals surface area (Å²) in [4.78, 5) is 37.9. The highest BCUT2D eigenvalue weighted by Crippen LogP contribution is 2.24. The monoisotopic (exact) mass is 369 g/mol. The van der Waals surface area contributed by atoms with Crippen LogP contribution in [0.2, 0.25) is 0 Å². The summed E-state index contributed by atoms with van der Waals surface area (Å²) >= 11 is 0. The van der Waals surface area contributed by atoms with Crippen molar-refractivity contribution in [1.29, 1.82) is 0 Å². The molecule has 0 saturated carbocycles. The van der Waals surface area contributed by atoms with Crippen LogP contribution in [0, 0.1) is 0 Å². The van der Waals surface area contributed by atoms with Crippen LogP contribution in [0.4, 0.5) is 0 Å². The van der Waals surface area contributed by atoms with E-state index in [9.17, 15) is 14.4 Å². The number of fused-ring (bicyclic) bond motifs is 1. The van der Waals surface area contributed by atoms with Gasteiger partial charge in [0, 0.05) is 19.0 Å². The van der Waals surface area contributed by atoms with Crippen LogP contribution in [0.3, 0.4) is 0 Å². The Bertz CT molecular complexity index is 855. The van der Waals surface area contributed by atoms with Crippen LogP contribution >= 0.6 is 0 Å². The molecule has 0 radical (unpaired) electrons. The summed E-state index contributed by atoms with van der Waals surface area (Å²) in [5, 5.41) is 0. The molecule has 140 valence electrons. The molecule has 0 aliphatic carbocycles. The number of carbonyl (C=O) groups is 3. The van der Waals surface area contributed by atoms with Crippen molar-refractivity contribution in [3.05, 3.63) is 65.6 Å². The third kappa shape index (κ3) is 4.44. The zero-order valence-electron chi connectivity index (χ0n) is 14.8. The standard InChI is InChI=1S/C20H19NO6/c1-25-20(24)17-11-14-5-2-3-6-15(14)12-21(17)18(22)13-27-19(23)9-8-16-7-4-10-26-16/h2-10,17H,11-13H2,1H3/b9-8+/t17-/m1/s1. The van der Waals surface area contributed by atoms with Crippen LogP contribution in [0.5, 0.6) is 0 Å². The molecule has 2 aromatic rings. The molecule has 1 aliphatic heterocycles. The average Bonchev–Trinajstić information content (AvgIpc) is 3.22. The zero-order chi connectivity index (χ0) is 19.2. The fraction of sp³-hybridized carbons (Fsp3) is 0.250. The van der Waals surface area contributed by atoms with Crippen molar-refractivity contribution in [3.63, 3.8) is 0 Å². The highest BCUT2D eigenvalue weighted by molar-refractivity contribution is 5.90. The summed E-state index contributed by atoms with van der Waals surface area (Å²) in [6.45, 7) is -0.203. The van der Waals surface area contributed by atoms with E-state index in [1.807, 2.05) is 24.3 Å². The Morgan fingerprint density at radius 2 is 1.96 bits per heavy atom. The van der Waals surface area contributed by atoms with Gasteiger partial charge < -0.3 is 18.8 Å². The van der Waals surface area contributed by atoms with Gasteiger partial charge in [-0.25, -0.2) is 9.59 Å². The Balaban J connectivity index is 1.64. The summed E-state index contributed by atoms with van der Waals surface area (Å²) in [5.41, 5.74) is 1.95. The van der Waals surface area contributed by atoms with Crippen molar-refractivity contribution in [2.24, 2.45) is 0 Å². The topological polar surface area (TPSA) is 86.0 Å². The van der Waals surface area contributed by atoms with Crippen LogP contribution in [0.25, 0.3) is 6.08 Å². The van der Waals surface area contributed by atoms with Gasteiger partial charge in [0.2, 0.25) is 0 Å². The van der Waals surface area contributed by atoms with Gasteiger partial charge in [0.05, 0.1) is 13.4 Å². The van der Waals surface area contributed by atoms with Crippen molar-refractivity contribution in [2.75, 3.05) is 13.7 Å². The maximum absolute atomic E-state index is 12.6. The quantitative estimate of drug-likeness (QED) is 0.592. The Kier molecular flexibility index (Phi) is 5.71. The molecule has 0 bridgehead atoms. The minimum absolute atomic E-state index is 0.258. The molecule has 7 heteroatoms. The Labute approximate surface area is 156 Å². The van der Waals surface area contributed by atoms with E-state index >= 15 is 0 Å². The van der Waals surface area contributed by atoms with E-state index in [1.54, 1.807) is 12.1 Å². The van der Waals surface area contributed by atoms with E-state index in [0.29, 0.717) is 12.2 Å². The van der Waals surface area contributed by atoms with E-state index in [2.05, 4.69) is 0 Å². The molecule has 1 aliphatic rings. The SMILES string of the molecule is COC(=O)[C@H]1Cc2ccccc2CN1C(=O)COC(=O)/C=C/c1ccco1. The lowest BCUT2D eigenvalue weighted by molar-refractivity contribution is -0.158. The molecule has 7 nitrogen and oxygen atoms in total. The van der Waals surface area contributed by atoms with Gasteiger partial charge in [-0.1, -0.05) is 24.3 Å². The maximum Gasteiger partial charge on any atom is 0.331 e. The summed E-state index contributed by atoms with van der Waals surface area (Å²) in [5.74, 6) is -1.13. The molecule has 0 spiro atoms. The molecule has 0 N–H and O–H groups in total. The second kappa shape index (κ2) is 8.35. The molecule has 1 aromatic carbocycles. The number of nitrogens with zero attached hydrogens (tertiary/aromatic N) is 1. The summed E-state index contributed by atoms with van der Waals surface area (Å²) in [6, 6.07) is 10.2. The van der Waals surface area contributed by atoms with Crippen LogP contribution in [-0.4, -0.2) is 42.5 Å². The first-order chi connectivity index (χ1) is 13.1. The van der Waals surface area contributed by atoms with Gasteiger partial charge in [0.25, 0.3) is 5.91 Å². The minimum Gasteiger partial charge on any atom is -0.467 e. The number of hydrogen-bond donors (Lipinski definition) is 0. The highest BCUT2D eigenvalue weighted by Gasteiger charge is 2.35. The number of amides is 1. The molecule has 0 fully saturated rings. The largest absolute Gasteiger partial charge is 0.467 e. The summed E-state index contributed by atoms with van der Waals surface area (Å²) < 4.78 is 14.9. The maximum atomic E-state index is 12.6. The first-order valence-electron chi connectivity index (χ1n) is 8.41. The Morgan fingerprint density at radius 1 is 1.19 bits per heavy atom. The van der Waals surface area contributed by atoms with Crippen molar-refractivity contribution in [1.82, 2.24) is 4.90 Å². The minimum atomic E-state index is -0.741. The molecular weight excluding hydrogens is 350 g/mol. The van der Waals surface area contributed by atoms with E-state index in [4.69, 9.17) is 13.9 Å². The van der Waals surface area contributed by atoms with E-state index in [1.165, 1.54) is 30.4 Å². The summed E-state index contributed by atoms with van der Waals surface area (Å²) in [6.07, 6.45) is 4.47. The van der Waals surface area contributed by atoms with Gasteiger partial charge in [-0.15, -0.1) is 0 Å². The number of hydrogen-bond acceptors (Lipinski definition) is 6. The van der Waals surface area contributed by atoms with Gasteiger partial charge in [-0.2, -0.15) is 0 Å². The van der Waals surface area contributed by atoms with Crippen molar-refractivity contribution in [2.45, 2.75) is 19.0 Å². The van der Waals surface area contributed by atoms with Crippen molar-refractivity contribution >= 4 is 23.9 Å². The number of carbonyl (C=O) groups excluding carboxylic acids is 3. The van der Waals surface area contributed by atoms with E-state index in [-0.39, 0.29) is 6.54 Å². The van der Waals surface area contributed by atoms with Crippen LogP contribution < -0.4 is 0 Å². The molecule has 0 saturated heterocycles. The van der Waals surface area contributed by atoms with Crippen molar-refractivity contribution in [3.8, 4) is 0 Å². The van der Waals surface area contributed by atoms with Crippen molar-refractivity contribution < 1.29 is 28.3 Å². The van der Waals surface area contributed by atoms with Gasteiger partial charge >= 0.3 is 11.9 Å². The molecule has 2 heterocycles. The summed E-state index contributed by atoms with van der Waals surface area (Å²) in [7, 11) is 1.28. The molecule has 27 heavy (non-hydrogen) atoms. The van der Waals surface area contributed by atoms with E-state index < -0.39 is 30.5 Å². The van der Waals surface area contributed by atoms with Crippen LogP contribution in [-0.2, 0) is 36.8 Å². The predicted molar refractivity (Wildman–Crippen MR) is 95.2 cm³/mol. The van der Waals surface area contributed by atoms with Gasteiger partial charge in [0.1, 0.15) is 11.8 Å². The van der Waals surface area contributed by atoms with Gasteiger partial charge in [-0.05, 0) is 29.3 Å². The van der Waals surface area contributed by atoms with Crippen LogP contribution in [0.1, 0.15) is 16.9 Å². The number of rotatable bonds is 5. The van der Waals surface area contributed by atoms with Gasteiger partial charge in [-0.3, -0.25) is 4.79 Å². The molecule has 3 rings (SSSR count). The third-order valence-corrected chi connectivity index (χ3v) is 4.31. The first kappa shape index (κ1) is 18.4. The second-order valence-electron chi connectivity index (χ2n) is 5.99. The molecule has 1 atom stereocenters. The lowest BCUT2D eigenvalue weighted by Gasteiger charge is -2.35. The number of furan rings is 1. The molecule has 1 amide bonds. The predicted octanol–water partition coefficient (Wildman–Crippen LogP) is 1.96. The average molecular weight is 369 g/mol. The lowest BCUT2D eigenvalue weighted by Crippen LogP contribution is -2.50. The fourth-order valence-corrected chi connectivity index (χ4v) is 2.93. The fourth-order valence-electron chi connectivity index (χ4n) is 2.93. The number of methoxy groups -OCH3 is 1. The van der Waals surface area contributed by atoms with E-state index in [0.717, 1.165) is 11.1 Å². The Hall–Kier alpha value is -3.35. The number of esters is 2. The second-order valence-corrected chi connectivity index (χ2v) is 5.99. The number of ether oxygens (including phenoxy) is 2. The number of benzene rings is 1. The molecular formula is C20H19NO6. The van der Waals surface area contributed by atoms with Crippen LogP contribution in [0.15, 0.2) is 53.2 Å². The third-order valence-electron chi connectivity index (χ3n) is 4.31. The molecule has 1 aromatic heterocycles. The first-order valence-corrected chi connectivity index (χ1v) is 8.41. The zero-order valence-corrected chi connectivity index (χ0v) is 14.8. The lowest BCUT2D eigenvalue weighted by atomic mass is 9.94. The van der Waals surface area contributed by atoms with Gasteiger partial charge in [0.15, 0.2) is 6.61 Å². The normalized spacial score (nSPS) is 16.0.